The molecule has 5 rings (SSSR count). The van der Waals surface area contributed by atoms with Crippen molar-refractivity contribution < 1.29 is 14.4 Å². The predicted octanol–water partition coefficient (Wildman–Crippen LogP) is 7.39. The van der Waals surface area contributed by atoms with Gasteiger partial charge in [-0.25, -0.2) is 0 Å². The van der Waals surface area contributed by atoms with Gasteiger partial charge in [0.15, 0.2) is 0 Å². The number of methoxy groups -OCH3 is 2. The predicted molar refractivity (Wildman–Crippen MR) is 144 cm³/mol. The van der Waals surface area contributed by atoms with Gasteiger partial charge in [-0.3, -0.25) is 10.1 Å². The number of nitro benzene ring substituents is 1. The van der Waals surface area contributed by atoms with Gasteiger partial charge in [0.25, 0.3) is 5.69 Å². The maximum Gasteiger partial charge on any atom is 0.269 e. The number of rotatable bonds is 7. The monoisotopic (exact) mass is 476 g/mol. The fourth-order valence-corrected chi connectivity index (χ4v) is 4.38. The molecule has 0 unspecified atom stereocenters. The van der Waals surface area contributed by atoms with Crippen molar-refractivity contribution >= 4 is 28.7 Å². The van der Waals surface area contributed by atoms with Crippen LogP contribution >= 0.6 is 0 Å². The minimum absolute atomic E-state index is 0.0524. The number of nitro groups is 1. The molecule has 6 nitrogen and oxygen atoms in total. The van der Waals surface area contributed by atoms with E-state index < -0.39 is 0 Å². The lowest BCUT2D eigenvalue weighted by Crippen LogP contribution is -1.97. The summed E-state index contributed by atoms with van der Waals surface area (Å²) in [6.45, 7) is 0. The van der Waals surface area contributed by atoms with Crippen LogP contribution in [-0.2, 0) is 0 Å². The Bertz CT molecular complexity index is 1550. The van der Waals surface area contributed by atoms with Crippen LogP contribution in [0.15, 0.2) is 97.1 Å². The molecule has 178 valence electrons. The summed E-state index contributed by atoms with van der Waals surface area (Å²) in [5, 5.41) is 12.3. The molecule has 0 aliphatic carbocycles. The Hall–Kier alpha value is -4.84. The molecule has 0 aliphatic heterocycles. The second-order valence-corrected chi connectivity index (χ2v) is 8.22. The van der Waals surface area contributed by atoms with Gasteiger partial charge in [-0.2, -0.15) is 0 Å². The highest BCUT2D eigenvalue weighted by Crippen LogP contribution is 2.40. The normalized spacial score (nSPS) is 11.2. The van der Waals surface area contributed by atoms with E-state index in [2.05, 4.69) is 16.7 Å². The number of non-ortho nitro benzene ring substituents is 1. The van der Waals surface area contributed by atoms with Gasteiger partial charge in [0.2, 0.25) is 0 Å². The molecule has 5 aromatic rings. The molecule has 0 saturated heterocycles. The van der Waals surface area contributed by atoms with Crippen LogP contribution in [0, 0.1) is 10.1 Å². The SMILES string of the molecule is COc1ccc(-n2c(/C=C/c3ccccc3)c(-c3ccc([N+](=O)[O-])cc3)c3cc(OC)ccc32)cc1. The molecule has 0 N–H and O–H groups in total. The first-order valence-electron chi connectivity index (χ1n) is 11.4. The Morgan fingerprint density at radius 3 is 2.08 bits per heavy atom. The number of nitrogens with zero attached hydrogens (tertiary/aromatic N) is 2. The molecule has 0 aliphatic rings. The van der Waals surface area contributed by atoms with Crippen LogP contribution in [0.5, 0.6) is 11.5 Å². The summed E-state index contributed by atoms with van der Waals surface area (Å²) >= 11 is 0. The number of benzene rings is 4. The van der Waals surface area contributed by atoms with Crippen LogP contribution in [0.1, 0.15) is 11.3 Å². The zero-order valence-corrected chi connectivity index (χ0v) is 19.9. The van der Waals surface area contributed by atoms with E-state index in [9.17, 15) is 10.1 Å². The molecule has 6 heteroatoms. The van der Waals surface area contributed by atoms with Gasteiger partial charge in [0, 0.05) is 28.8 Å². The van der Waals surface area contributed by atoms with E-state index in [0.29, 0.717) is 0 Å². The highest BCUT2D eigenvalue weighted by atomic mass is 16.6. The van der Waals surface area contributed by atoms with Gasteiger partial charge < -0.3 is 14.0 Å². The van der Waals surface area contributed by atoms with Crippen molar-refractivity contribution in [2.75, 3.05) is 14.2 Å². The van der Waals surface area contributed by atoms with Gasteiger partial charge in [-0.05, 0) is 71.8 Å². The Kier molecular flexibility index (Phi) is 6.24. The van der Waals surface area contributed by atoms with E-state index in [0.717, 1.165) is 50.5 Å². The number of hydrogen-bond donors (Lipinski definition) is 0. The largest absolute Gasteiger partial charge is 0.497 e. The molecule has 0 bridgehead atoms. The zero-order valence-electron chi connectivity index (χ0n) is 19.9. The van der Waals surface area contributed by atoms with Crippen molar-refractivity contribution in [3.8, 4) is 28.3 Å². The van der Waals surface area contributed by atoms with E-state index in [1.807, 2.05) is 72.8 Å². The maximum atomic E-state index is 11.3. The Labute approximate surface area is 208 Å². The van der Waals surface area contributed by atoms with E-state index in [-0.39, 0.29) is 10.6 Å². The first kappa shape index (κ1) is 22.9. The van der Waals surface area contributed by atoms with Crippen LogP contribution < -0.4 is 9.47 Å². The average molecular weight is 477 g/mol. The summed E-state index contributed by atoms with van der Waals surface area (Å²) in [5.74, 6) is 1.50. The highest BCUT2D eigenvalue weighted by molar-refractivity contribution is 6.03. The van der Waals surface area contributed by atoms with Crippen LogP contribution in [-0.4, -0.2) is 23.7 Å². The van der Waals surface area contributed by atoms with Crippen molar-refractivity contribution in [1.29, 1.82) is 0 Å². The lowest BCUT2D eigenvalue weighted by Gasteiger charge is -2.11. The van der Waals surface area contributed by atoms with Crippen molar-refractivity contribution in [2.24, 2.45) is 0 Å². The van der Waals surface area contributed by atoms with Crippen molar-refractivity contribution in [3.63, 3.8) is 0 Å². The smallest absolute Gasteiger partial charge is 0.269 e. The summed E-state index contributed by atoms with van der Waals surface area (Å²) in [5.41, 5.74) is 5.85. The number of fused-ring (bicyclic) bond motifs is 1. The molecule has 36 heavy (non-hydrogen) atoms. The molecule has 0 amide bonds. The Morgan fingerprint density at radius 2 is 1.44 bits per heavy atom. The Morgan fingerprint density at radius 1 is 0.778 bits per heavy atom. The first-order valence-corrected chi connectivity index (χ1v) is 11.4. The fraction of sp³-hybridized carbons (Fsp3) is 0.0667. The molecule has 1 heterocycles. The lowest BCUT2D eigenvalue weighted by atomic mass is 10.0. The number of ether oxygens (including phenoxy) is 2. The van der Waals surface area contributed by atoms with E-state index in [1.165, 1.54) is 12.1 Å². The maximum absolute atomic E-state index is 11.3. The summed E-state index contributed by atoms with van der Waals surface area (Å²) < 4.78 is 13.1. The van der Waals surface area contributed by atoms with Crippen molar-refractivity contribution in [1.82, 2.24) is 4.57 Å². The van der Waals surface area contributed by atoms with Crippen molar-refractivity contribution in [2.45, 2.75) is 0 Å². The standard InChI is InChI=1S/C30H24N2O4/c1-35-25-15-13-23(14-16-25)31-28-19-17-26(36-2)20-27(28)30(22-9-11-24(12-10-22)32(33)34)29(31)18-8-21-6-4-3-5-7-21/h3-20H,1-2H3/b18-8+. The molecule has 4 aromatic carbocycles. The third kappa shape index (κ3) is 4.32. The number of hydrogen-bond acceptors (Lipinski definition) is 4. The quantitative estimate of drug-likeness (QED) is 0.181. The second kappa shape index (κ2) is 9.80. The minimum Gasteiger partial charge on any atom is -0.497 e. The molecule has 0 fully saturated rings. The molecule has 0 saturated carbocycles. The van der Waals surface area contributed by atoms with Crippen LogP contribution in [0.3, 0.4) is 0 Å². The molecule has 1 aromatic heterocycles. The molecule has 0 spiro atoms. The second-order valence-electron chi connectivity index (χ2n) is 8.22. The zero-order chi connectivity index (χ0) is 25.1. The van der Waals surface area contributed by atoms with Crippen LogP contribution in [0.2, 0.25) is 0 Å². The summed E-state index contributed by atoms with van der Waals surface area (Å²) in [6.07, 6.45) is 4.16. The first-order chi connectivity index (χ1) is 17.6. The van der Waals surface area contributed by atoms with E-state index in [1.54, 1.807) is 26.4 Å². The molecule has 0 atom stereocenters. The van der Waals surface area contributed by atoms with Gasteiger partial charge in [-0.15, -0.1) is 0 Å². The van der Waals surface area contributed by atoms with Crippen LogP contribution in [0.4, 0.5) is 5.69 Å². The summed E-state index contributed by atoms with van der Waals surface area (Å²) in [4.78, 5) is 10.9. The Balaban J connectivity index is 1.82. The molecular formula is C30H24N2O4. The average Bonchev–Trinajstić information content (AvgIpc) is 3.25. The van der Waals surface area contributed by atoms with Gasteiger partial charge >= 0.3 is 0 Å². The van der Waals surface area contributed by atoms with Gasteiger partial charge in [0.1, 0.15) is 11.5 Å². The number of aromatic nitrogens is 1. The molecule has 0 radical (unpaired) electrons. The molecular weight excluding hydrogens is 452 g/mol. The minimum atomic E-state index is -0.385. The van der Waals surface area contributed by atoms with E-state index >= 15 is 0 Å². The third-order valence-corrected chi connectivity index (χ3v) is 6.14. The highest BCUT2D eigenvalue weighted by Gasteiger charge is 2.20. The fourth-order valence-electron chi connectivity index (χ4n) is 4.38. The van der Waals surface area contributed by atoms with Gasteiger partial charge in [-0.1, -0.05) is 36.4 Å². The summed E-state index contributed by atoms with van der Waals surface area (Å²) in [6, 6.07) is 30.6. The summed E-state index contributed by atoms with van der Waals surface area (Å²) in [7, 11) is 3.29. The van der Waals surface area contributed by atoms with Gasteiger partial charge in [0.05, 0.1) is 30.4 Å². The van der Waals surface area contributed by atoms with Crippen molar-refractivity contribution in [3.05, 3.63) is 118 Å². The lowest BCUT2D eigenvalue weighted by molar-refractivity contribution is -0.384. The third-order valence-electron chi connectivity index (χ3n) is 6.14. The van der Waals surface area contributed by atoms with E-state index in [4.69, 9.17) is 9.47 Å². The topological polar surface area (TPSA) is 66.5 Å². The van der Waals surface area contributed by atoms with Crippen LogP contribution in [0.25, 0.3) is 39.9 Å².